The number of Topliss-reactive ketones (excluding diaryl/α,β-unsaturated/α-hetero) is 1. The quantitative estimate of drug-likeness (QED) is 0.513. The smallest absolute Gasteiger partial charge is 0.162 e. The van der Waals surface area contributed by atoms with Crippen LogP contribution >= 0.6 is 11.3 Å². The Morgan fingerprint density at radius 2 is 1.84 bits per heavy atom. The molecule has 1 N–H and O–H groups in total. The second-order valence-electron chi connectivity index (χ2n) is 6.39. The van der Waals surface area contributed by atoms with E-state index in [2.05, 4.69) is 21.7 Å². The van der Waals surface area contributed by atoms with Crippen molar-refractivity contribution in [2.24, 2.45) is 0 Å². The van der Waals surface area contributed by atoms with Gasteiger partial charge in [0.2, 0.25) is 0 Å². The van der Waals surface area contributed by atoms with E-state index >= 15 is 0 Å². The maximum atomic E-state index is 12.3. The molecule has 4 nitrogen and oxygen atoms in total. The van der Waals surface area contributed by atoms with Crippen LogP contribution in [-0.4, -0.2) is 20.4 Å². The van der Waals surface area contributed by atoms with Crippen molar-refractivity contribution in [3.63, 3.8) is 0 Å². The number of hydrogen-bond acceptors (Lipinski definition) is 4. The molecule has 4 aromatic rings. The maximum Gasteiger partial charge on any atom is 0.162 e. The Kier molecular flexibility index (Phi) is 3.44. The summed E-state index contributed by atoms with van der Waals surface area (Å²) >= 11 is 1.46. The lowest BCUT2D eigenvalue weighted by molar-refractivity contribution is 0.101. The fourth-order valence-electron chi connectivity index (χ4n) is 3.51. The molecule has 0 aliphatic heterocycles. The summed E-state index contributed by atoms with van der Waals surface area (Å²) in [5, 5.41) is 12.1. The largest absolute Gasteiger partial charge is 0.506 e. The third-order valence-corrected chi connectivity index (χ3v) is 5.55. The number of phenolic OH excluding ortho intramolecular Hbond substituents is 1. The zero-order valence-corrected chi connectivity index (χ0v) is 15.4. The molecule has 0 amide bonds. The molecule has 2 aromatic heterocycles. The first kappa shape index (κ1) is 15.8. The number of hydrogen-bond donors (Lipinski definition) is 1. The minimum absolute atomic E-state index is 0.0148. The minimum Gasteiger partial charge on any atom is -0.506 e. The van der Waals surface area contributed by atoms with Crippen molar-refractivity contribution in [2.75, 3.05) is 0 Å². The number of phenols is 1. The van der Waals surface area contributed by atoms with Crippen LogP contribution in [0.15, 0.2) is 30.3 Å². The summed E-state index contributed by atoms with van der Waals surface area (Å²) in [5.74, 6) is 0.163. The van der Waals surface area contributed by atoms with E-state index in [0.717, 1.165) is 37.5 Å². The van der Waals surface area contributed by atoms with E-state index in [1.165, 1.54) is 16.9 Å². The van der Waals surface area contributed by atoms with Crippen molar-refractivity contribution in [3.05, 3.63) is 52.2 Å². The molecule has 25 heavy (non-hydrogen) atoms. The normalized spacial score (nSPS) is 11.5. The van der Waals surface area contributed by atoms with E-state index in [0.29, 0.717) is 5.56 Å². The van der Waals surface area contributed by atoms with Crippen molar-refractivity contribution in [2.45, 2.75) is 27.7 Å². The molecule has 0 atom stereocenters. The molecule has 2 heterocycles. The fourth-order valence-corrected chi connectivity index (χ4v) is 4.35. The van der Waals surface area contributed by atoms with E-state index in [9.17, 15) is 9.90 Å². The van der Waals surface area contributed by atoms with Crippen LogP contribution in [0.3, 0.4) is 0 Å². The Morgan fingerprint density at radius 3 is 2.48 bits per heavy atom. The molecule has 0 aliphatic rings. The summed E-state index contributed by atoms with van der Waals surface area (Å²) in [5.41, 5.74) is 5.29. The Morgan fingerprint density at radius 1 is 1.16 bits per heavy atom. The molecule has 0 radical (unpaired) electrons. The van der Waals surface area contributed by atoms with Gasteiger partial charge in [0.25, 0.3) is 0 Å². The molecule has 0 aliphatic carbocycles. The summed E-state index contributed by atoms with van der Waals surface area (Å²) in [6.45, 7) is 7.48. The van der Waals surface area contributed by atoms with Gasteiger partial charge < -0.3 is 9.67 Å². The lowest BCUT2D eigenvalue weighted by Gasteiger charge is -2.09. The van der Waals surface area contributed by atoms with E-state index < -0.39 is 0 Å². The van der Waals surface area contributed by atoms with Crippen LogP contribution in [0.5, 0.6) is 5.75 Å². The Labute approximate surface area is 149 Å². The summed E-state index contributed by atoms with van der Waals surface area (Å²) in [6.07, 6.45) is 0. The van der Waals surface area contributed by atoms with Crippen molar-refractivity contribution >= 4 is 38.2 Å². The number of carbonyl (C=O) groups excluding carboxylic acids is 1. The summed E-state index contributed by atoms with van der Waals surface area (Å²) in [6, 6.07) is 9.90. The van der Waals surface area contributed by atoms with Gasteiger partial charge in [-0.15, -0.1) is 11.3 Å². The third kappa shape index (κ3) is 2.27. The molecule has 0 saturated carbocycles. The lowest BCUT2D eigenvalue weighted by atomic mass is 10.1. The van der Waals surface area contributed by atoms with Gasteiger partial charge in [-0.1, -0.05) is 17.7 Å². The molecule has 0 spiro atoms. The number of benzene rings is 2. The molecule has 0 fully saturated rings. The van der Waals surface area contributed by atoms with E-state index in [1.807, 2.05) is 32.9 Å². The Hall–Kier alpha value is -2.66. The number of aromatic hydroxyl groups is 1. The van der Waals surface area contributed by atoms with Gasteiger partial charge in [-0.2, -0.15) is 0 Å². The molecule has 5 heteroatoms. The van der Waals surface area contributed by atoms with Crippen LogP contribution in [0, 0.1) is 20.8 Å². The van der Waals surface area contributed by atoms with Gasteiger partial charge in [0.15, 0.2) is 5.78 Å². The highest BCUT2D eigenvalue weighted by molar-refractivity contribution is 7.19. The van der Waals surface area contributed by atoms with Crippen molar-refractivity contribution in [3.8, 4) is 11.4 Å². The van der Waals surface area contributed by atoms with Gasteiger partial charge in [-0.05, 0) is 45.9 Å². The Bertz CT molecular complexity index is 1150. The average Bonchev–Trinajstić information content (AvgIpc) is 3.06. The third-order valence-electron chi connectivity index (χ3n) is 4.56. The predicted molar refractivity (Wildman–Crippen MR) is 102 cm³/mol. The number of nitrogens with zero attached hydrogens (tertiary/aromatic N) is 2. The fraction of sp³-hybridized carbons (Fsp3) is 0.200. The number of carbonyl (C=O) groups is 1. The maximum absolute atomic E-state index is 12.3. The minimum atomic E-state index is -0.0148. The molecular weight excluding hydrogens is 332 g/mol. The molecular formula is C20H18N2O2S. The monoisotopic (exact) mass is 350 g/mol. The number of ketones is 1. The van der Waals surface area contributed by atoms with Gasteiger partial charge >= 0.3 is 0 Å². The number of aryl methyl sites for hydroxylation is 2. The van der Waals surface area contributed by atoms with E-state index in [-0.39, 0.29) is 11.5 Å². The number of thiazole rings is 1. The average molecular weight is 350 g/mol. The first-order chi connectivity index (χ1) is 11.9. The Balaban J connectivity index is 2.25. The summed E-state index contributed by atoms with van der Waals surface area (Å²) < 4.78 is 2.83. The predicted octanol–water partition coefficient (Wildman–Crippen LogP) is 5.07. The summed E-state index contributed by atoms with van der Waals surface area (Å²) in [7, 11) is 0. The number of fused-ring (bicyclic) bond motifs is 3. The van der Waals surface area contributed by atoms with Gasteiger partial charge in [0.05, 0.1) is 15.2 Å². The van der Waals surface area contributed by atoms with Crippen LogP contribution in [0.4, 0.5) is 0 Å². The van der Waals surface area contributed by atoms with Gasteiger partial charge in [-0.3, -0.25) is 4.79 Å². The van der Waals surface area contributed by atoms with Crippen molar-refractivity contribution in [1.82, 2.24) is 9.55 Å². The van der Waals surface area contributed by atoms with E-state index in [1.54, 1.807) is 13.0 Å². The van der Waals surface area contributed by atoms with Crippen LogP contribution < -0.4 is 0 Å². The number of rotatable bonds is 2. The van der Waals surface area contributed by atoms with Crippen LogP contribution in [0.25, 0.3) is 26.8 Å². The topological polar surface area (TPSA) is 55.1 Å². The van der Waals surface area contributed by atoms with Crippen molar-refractivity contribution in [1.29, 1.82) is 0 Å². The second kappa shape index (κ2) is 5.43. The van der Waals surface area contributed by atoms with Crippen molar-refractivity contribution < 1.29 is 9.90 Å². The lowest BCUT2D eigenvalue weighted by Crippen LogP contribution is -2.00. The zero-order valence-electron chi connectivity index (χ0n) is 14.5. The highest BCUT2D eigenvalue weighted by Gasteiger charge is 2.23. The number of aromatic nitrogens is 2. The zero-order chi connectivity index (χ0) is 17.9. The molecule has 126 valence electrons. The first-order valence-electron chi connectivity index (χ1n) is 8.10. The highest BCUT2D eigenvalue weighted by Crippen LogP contribution is 2.41. The molecule has 0 bridgehead atoms. The molecule has 0 saturated heterocycles. The van der Waals surface area contributed by atoms with E-state index in [4.69, 9.17) is 0 Å². The van der Waals surface area contributed by atoms with Crippen LogP contribution in [0.1, 0.15) is 33.5 Å². The standard InChI is InChI=1S/C20H18N2O2S/c1-10-5-7-14(8-6-10)22-11(2)17(12(3)23)15-9-16(24)20-18(19(15)22)21-13(4)25-20/h5-9,24H,1-4H3. The van der Waals surface area contributed by atoms with Crippen LogP contribution in [-0.2, 0) is 0 Å². The van der Waals surface area contributed by atoms with Gasteiger partial charge in [0, 0.05) is 22.3 Å². The SMILES string of the molecule is CC(=O)c1c(C)n(-c2ccc(C)cc2)c2c1cc(O)c1sc(C)nc12. The first-order valence-corrected chi connectivity index (χ1v) is 8.92. The molecule has 4 rings (SSSR count). The molecule has 2 aromatic carbocycles. The highest BCUT2D eigenvalue weighted by atomic mass is 32.1. The molecule has 0 unspecified atom stereocenters. The van der Waals surface area contributed by atoms with Gasteiger partial charge in [0.1, 0.15) is 11.3 Å². The second-order valence-corrected chi connectivity index (χ2v) is 7.59. The van der Waals surface area contributed by atoms with Crippen LogP contribution in [0.2, 0.25) is 0 Å². The van der Waals surface area contributed by atoms with Gasteiger partial charge in [-0.25, -0.2) is 4.98 Å². The summed E-state index contributed by atoms with van der Waals surface area (Å²) in [4.78, 5) is 17.0.